The van der Waals surface area contributed by atoms with E-state index >= 15 is 0 Å². The van der Waals surface area contributed by atoms with Crippen LogP contribution in [0.25, 0.3) is 0 Å². The Kier molecular flexibility index (Phi) is 8.56. The van der Waals surface area contributed by atoms with Gasteiger partial charge in [0, 0.05) is 0 Å². The van der Waals surface area contributed by atoms with Gasteiger partial charge in [-0.3, -0.25) is 0 Å². The Morgan fingerprint density at radius 2 is 1.56 bits per heavy atom. The third-order valence-corrected chi connectivity index (χ3v) is 1.71. The maximum absolute atomic E-state index is 11.6. The van der Waals surface area contributed by atoms with E-state index in [4.69, 9.17) is 19.2 Å². The van der Waals surface area contributed by atoms with Crippen LogP contribution in [0.1, 0.15) is 27.7 Å². The first-order valence-corrected chi connectivity index (χ1v) is 5.41. The van der Waals surface area contributed by atoms with Crippen molar-refractivity contribution in [2.24, 2.45) is 0 Å². The molecule has 0 fully saturated rings. The van der Waals surface area contributed by atoms with Gasteiger partial charge >= 0.3 is 5.97 Å². The molecule has 0 aliphatic heterocycles. The summed E-state index contributed by atoms with van der Waals surface area (Å²) in [5.74, 6) is 0.0637. The van der Waals surface area contributed by atoms with E-state index in [1.807, 2.05) is 6.92 Å². The van der Waals surface area contributed by atoms with Gasteiger partial charge in [-0.25, -0.2) is 14.6 Å². The molecule has 5 nitrogen and oxygen atoms in total. The predicted molar refractivity (Wildman–Crippen MR) is 58.5 cm³/mol. The average molecular weight is 232 g/mol. The Hall–Kier alpha value is -1.07. The minimum atomic E-state index is -0.437. The van der Waals surface area contributed by atoms with Gasteiger partial charge in [0.2, 0.25) is 0 Å². The summed E-state index contributed by atoms with van der Waals surface area (Å²) in [6.45, 7) is 8.33. The summed E-state index contributed by atoms with van der Waals surface area (Å²) in [4.78, 5) is 21.1. The van der Waals surface area contributed by atoms with Crippen molar-refractivity contribution in [1.82, 2.24) is 0 Å². The van der Waals surface area contributed by atoms with Gasteiger partial charge in [0.25, 0.3) is 0 Å². The van der Waals surface area contributed by atoms with E-state index in [1.165, 1.54) is 0 Å². The first-order chi connectivity index (χ1) is 7.67. The fraction of sp³-hybridized carbons (Fsp3) is 0.727. The molecule has 94 valence electrons. The fourth-order valence-electron chi connectivity index (χ4n) is 1.01. The van der Waals surface area contributed by atoms with Crippen molar-refractivity contribution in [3.8, 4) is 0 Å². The summed E-state index contributed by atoms with van der Waals surface area (Å²) in [6.07, 6.45) is 0. The van der Waals surface area contributed by atoms with E-state index in [1.54, 1.807) is 20.8 Å². The Balaban J connectivity index is 4.48. The molecule has 0 N–H and O–H groups in total. The lowest BCUT2D eigenvalue weighted by molar-refractivity contribution is -0.284. The highest BCUT2D eigenvalue weighted by atomic mass is 17.2. The second kappa shape index (κ2) is 9.18. The highest BCUT2D eigenvalue weighted by molar-refractivity contribution is 5.89. The molecule has 0 spiro atoms. The lowest BCUT2D eigenvalue weighted by Crippen LogP contribution is -2.16. The first kappa shape index (κ1) is 14.9. The van der Waals surface area contributed by atoms with Crippen LogP contribution in [0.4, 0.5) is 0 Å². The second-order valence-electron chi connectivity index (χ2n) is 2.86. The molecule has 0 aromatic rings. The van der Waals surface area contributed by atoms with Crippen molar-refractivity contribution in [3.05, 3.63) is 11.3 Å². The maximum Gasteiger partial charge on any atom is 0.339 e. The summed E-state index contributed by atoms with van der Waals surface area (Å²) in [7, 11) is 0. The summed E-state index contributed by atoms with van der Waals surface area (Å²) < 4.78 is 10.1. The number of allylic oxidation sites excluding steroid dienone is 1. The number of ether oxygens (including phenoxy) is 2. The van der Waals surface area contributed by atoms with E-state index in [-0.39, 0.29) is 6.61 Å². The Bertz CT molecular complexity index is 235. The zero-order valence-electron chi connectivity index (χ0n) is 10.4. The monoisotopic (exact) mass is 232 g/mol. The molecule has 0 bridgehead atoms. The summed E-state index contributed by atoms with van der Waals surface area (Å²) in [5.41, 5.74) is 0.345. The van der Waals surface area contributed by atoms with Crippen LogP contribution >= 0.6 is 0 Å². The molecule has 5 heteroatoms. The molecular weight excluding hydrogens is 212 g/mol. The lowest BCUT2D eigenvalue weighted by Gasteiger charge is -2.11. The van der Waals surface area contributed by atoms with Gasteiger partial charge in [-0.15, -0.1) is 0 Å². The van der Waals surface area contributed by atoms with Gasteiger partial charge in [-0.1, -0.05) is 0 Å². The molecule has 16 heavy (non-hydrogen) atoms. The molecule has 0 rings (SSSR count). The van der Waals surface area contributed by atoms with Crippen molar-refractivity contribution in [2.75, 3.05) is 26.4 Å². The normalized spacial score (nSPS) is 12.0. The molecule has 0 aromatic heterocycles. The standard InChI is InChI=1S/C11H20O5/c1-5-13-9(4)10(8-16-15-7-3)11(12)14-6-2/h5-8H2,1-4H3/b10-9+. The fourth-order valence-corrected chi connectivity index (χ4v) is 1.01. The first-order valence-electron chi connectivity index (χ1n) is 5.41. The molecule has 0 aliphatic carbocycles. The Morgan fingerprint density at radius 1 is 0.938 bits per heavy atom. The van der Waals surface area contributed by atoms with Crippen molar-refractivity contribution in [1.29, 1.82) is 0 Å². The van der Waals surface area contributed by atoms with E-state index < -0.39 is 5.97 Å². The van der Waals surface area contributed by atoms with Crippen LogP contribution in [-0.4, -0.2) is 32.4 Å². The van der Waals surface area contributed by atoms with Crippen molar-refractivity contribution < 1.29 is 24.0 Å². The third-order valence-electron chi connectivity index (χ3n) is 1.71. The number of carbonyl (C=O) groups excluding carboxylic acids is 1. The largest absolute Gasteiger partial charge is 0.498 e. The number of hydrogen-bond acceptors (Lipinski definition) is 5. The molecule has 0 saturated heterocycles. The number of carbonyl (C=O) groups is 1. The Labute approximate surface area is 96.2 Å². The van der Waals surface area contributed by atoms with Crippen LogP contribution in [-0.2, 0) is 24.0 Å². The lowest BCUT2D eigenvalue weighted by atomic mass is 10.2. The van der Waals surface area contributed by atoms with E-state index in [2.05, 4.69) is 0 Å². The third kappa shape index (κ3) is 5.72. The number of rotatable bonds is 8. The molecule has 0 amide bonds. The van der Waals surface area contributed by atoms with E-state index in [9.17, 15) is 4.79 Å². The Morgan fingerprint density at radius 3 is 2.06 bits per heavy atom. The predicted octanol–water partition coefficient (Wildman–Crippen LogP) is 1.83. The highest BCUT2D eigenvalue weighted by Crippen LogP contribution is 2.09. The molecule has 0 saturated carbocycles. The zero-order chi connectivity index (χ0) is 12.4. The molecular formula is C11H20O5. The van der Waals surface area contributed by atoms with Crippen LogP contribution in [0.15, 0.2) is 11.3 Å². The van der Waals surface area contributed by atoms with Crippen molar-refractivity contribution >= 4 is 5.97 Å². The number of esters is 1. The molecule has 0 atom stereocenters. The van der Waals surface area contributed by atoms with Crippen LogP contribution in [0, 0.1) is 0 Å². The molecule has 0 aromatic carbocycles. The SMILES string of the molecule is CCOOC/C(C(=O)OCC)=C(/C)OCC. The van der Waals surface area contributed by atoms with E-state index in [0.717, 1.165) is 0 Å². The van der Waals surface area contributed by atoms with Crippen LogP contribution in [0.5, 0.6) is 0 Å². The highest BCUT2D eigenvalue weighted by Gasteiger charge is 2.16. The smallest absolute Gasteiger partial charge is 0.339 e. The van der Waals surface area contributed by atoms with Gasteiger partial charge in [0.05, 0.1) is 19.8 Å². The molecule has 0 unspecified atom stereocenters. The van der Waals surface area contributed by atoms with Gasteiger partial charge in [0.15, 0.2) is 0 Å². The topological polar surface area (TPSA) is 54.0 Å². The van der Waals surface area contributed by atoms with Gasteiger partial charge < -0.3 is 9.47 Å². The van der Waals surface area contributed by atoms with Crippen molar-refractivity contribution in [3.63, 3.8) is 0 Å². The average Bonchev–Trinajstić information content (AvgIpc) is 2.25. The van der Waals surface area contributed by atoms with Crippen LogP contribution < -0.4 is 0 Å². The molecule has 0 heterocycles. The van der Waals surface area contributed by atoms with Crippen LogP contribution in [0.2, 0.25) is 0 Å². The van der Waals surface area contributed by atoms with Crippen molar-refractivity contribution in [2.45, 2.75) is 27.7 Å². The minimum absolute atomic E-state index is 0.0263. The summed E-state index contributed by atoms with van der Waals surface area (Å²) >= 11 is 0. The van der Waals surface area contributed by atoms with Gasteiger partial charge in [-0.05, 0) is 27.7 Å². The van der Waals surface area contributed by atoms with Crippen LogP contribution in [0.3, 0.4) is 0 Å². The number of hydrogen-bond donors (Lipinski definition) is 0. The molecule has 0 aliphatic rings. The van der Waals surface area contributed by atoms with Gasteiger partial charge in [-0.2, -0.15) is 0 Å². The zero-order valence-corrected chi connectivity index (χ0v) is 10.4. The second-order valence-corrected chi connectivity index (χ2v) is 2.86. The van der Waals surface area contributed by atoms with E-state index in [0.29, 0.717) is 31.2 Å². The summed E-state index contributed by atoms with van der Waals surface area (Å²) in [6, 6.07) is 0. The maximum atomic E-state index is 11.6. The van der Waals surface area contributed by atoms with Gasteiger partial charge in [0.1, 0.15) is 17.9 Å². The molecule has 0 radical (unpaired) electrons. The minimum Gasteiger partial charge on any atom is -0.498 e. The summed E-state index contributed by atoms with van der Waals surface area (Å²) in [5, 5.41) is 0. The quantitative estimate of drug-likeness (QED) is 0.159.